The van der Waals surface area contributed by atoms with E-state index in [-0.39, 0.29) is 0 Å². The normalized spacial score (nSPS) is 10.9. The maximum absolute atomic E-state index is 4.43. The lowest BCUT2D eigenvalue weighted by molar-refractivity contribution is 1.16. The van der Waals surface area contributed by atoms with E-state index < -0.39 is 0 Å². The minimum Gasteiger partial charge on any atom is -0.311 e. The molecule has 0 N–H and O–H groups in total. The summed E-state index contributed by atoms with van der Waals surface area (Å²) >= 11 is 0. The van der Waals surface area contributed by atoms with Crippen molar-refractivity contribution in [2.24, 2.45) is 0 Å². The lowest BCUT2D eigenvalue weighted by Crippen LogP contribution is -2.09. The first kappa shape index (κ1) is 30.9. The van der Waals surface area contributed by atoms with Gasteiger partial charge < -0.3 is 9.47 Å². The number of benzene rings is 7. The molecule has 0 saturated heterocycles. The van der Waals surface area contributed by atoms with E-state index in [9.17, 15) is 0 Å². The quantitative estimate of drug-likeness (QED) is 0.165. The van der Waals surface area contributed by atoms with E-state index >= 15 is 0 Å². The summed E-state index contributed by atoms with van der Waals surface area (Å²) in [6.07, 6.45) is 3.79. The summed E-state index contributed by atoms with van der Waals surface area (Å²) in [4.78, 5) is 6.73. The van der Waals surface area contributed by atoms with Crippen LogP contribution in [0.4, 0.5) is 17.1 Å². The molecule has 0 atom stereocenters. The van der Waals surface area contributed by atoms with Gasteiger partial charge in [0, 0.05) is 50.8 Å². The molecule has 0 aliphatic rings. The maximum Gasteiger partial charge on any atom is 0.0724 e. The summed E-state index contributed by atoms with van der Waals surface area (Å²) in [7, 11) is 0. The molecule has 7 aromatic carbocycles. The first-order chi connectivity index (χ1) is 25.8. The highest BCUT2D eigenvalue weighted by Gasteiger charge is 2.14. The predicted molar refractivity (Wildman–Crippen MR) is 217 cm³/mol. The van der Waals surface area contributed by atoms with Crippen LogP contribution in [0.5, 0.6) is 0 Å². The maximum atomic E-state index is 4.43. The third-order valence-corrected chi connectivity index (χ3v) is 9.52. The monoisotopic (exact) mass is 663 g/mol. The highest BCUT2D eigenvalue weighted by molar-refractivity contribution is 6.08. The summed E-state index contributed by atoms with van der Waals surface area (Å²) in [5.41, 5.74) is 13.2. The molecule has 0 aliphatic carbocycles. The molecule has 0 aliphatic heterocycles. The smallest absolute Gasteiger partial charge is 0.0724 e. The SMILES string of the molecule is C(#Cc1cccc(-n2c3ccccc3c3ccncc32)c1)c1ccc(N(c2ccc(-c3ccccc3)cc2)c2ccc(-c3ccccc3)cc2)cc1. The van der Waals surface area contributed by atoms with E-state index in [0.717, 1.165) is 44.9 Å². The molecule has 2 heterocycles. The predicted octanol–water partition coefficient (Wildman–Crippen LogP) is 12.4. The Morgan fingerprint density at radius 2 is 0.923 bits per heavy atom. The molecule has 0 fully saturated rings. The van der Waals surface area contributed by atoms with Crippen LogP contribution in [0.1, 0.15) is 11.1 Å². The van der Waals surface area contributed by atoms with Crippen molar-refractivity contribution in [2.45, 2.75) is 0 Å². The van der Waals surface area contributed by atoms with Crippen LogP contribution < -0.4 is 4.90 Å². The summed E-state index contributed by atoms with van der Waals surface area (Å²) in [5.74, 6) is 6.84. The van der Waals surface area contributed by atoms with Crippen LogP contribution in [-0.2, 0) is 0 Å². The van der Waals surface area contributed by atoms with E-state index in [0.29, 0.717) is 0 Å². The Balaban J connectivity index is 1.04. The Kier molecular flexibility index (Phi) is 8.09. The van der Waals surface area contributed by atoms with Gasteiger partial charge in [-0.25, -0.2) is 0 Å². The number of rotatable bonds is 6. The summed E-state index contributed by atoms with van der Waals surface area (Å²) < 4.78 is 2.27. The van der Waals surface area contributed by atoms with Crippen LogP contribution in [0, 0.1) is 11.8 Å². The standard InChI is InChI=1S/C49H33N3/c1-3-11-38(12-4-1)40-22-28-43(29-23-40)51(44-30-24-41(25-31-44)39-13-5-2-6-14-39)42-26-20-36(21-27-42)18-19-37-10-9-15-45(34-37)52-48-17-8-7-16-46(48)47-32-33-50-35-49(47)52/h1-17,20-35H. The van der Waals surface area contributed by atoms with Gasteiger partial charge in [0.15, 0.2) is 0 Å². The van der Waals surface area contributed by atoms with Crippen LogP contribution in [-0.4, -0.2) is 9.55 Å². The van der Waals surface area contributed by atoms with Gasteiger partial charge in [-0.1, -0.05) is 121 Å². The zero-order valence-corrected chi connectivity index (χ0v) is 28.4. The molecule has 3 heteroatoms. The molecule has 0 bridgehead atoms. The van der Waals surface area contributed by atoms with E-state index in [2.05, 4.69) is 214 Å². The molecule has 244 valence electrons. The van der Waals surface area contributed by atoms with Gasteiger partial charge in [-0.2, -0.15) is 0 Å². The molecule has 9 aromatic rings. The Morgan fingerprint density at radius 3 is 1.56 bits per heavy atom. The van der Waals surface area contributed by atoms with E-state index in [4.69, 9.17) is 0 Å². The average molecular weight is 664 g/mol. The van der Waals surface area contributed by atoms with Gasteiger partial charge in [-0.15, -0.1) is 0 Å². The van der Waals surface area contributed by atoms with E-state index in [1.807, 2.05) is 12.4 Å². The number of para-hydroxylation sites is 1. The van der Waals surface area contributed by atoms with Crippen molar-refractivity contribution in [3.05, 3.63) is 212 Å². The molecule has 52 heavy (non-hydrogen) atoms. The van der Waals surface area contributed by atoms with Gasteiger partial charge in [0.05, 0.1) is 17.2 Å². The van der Waals surface area contributed by atoms with Crippen molar-refractivity contribution < 1.29 is 0 Å². The van der Waals surface area contributed by atoms with Crippen molar-refractivity contribution >= 4 is 38.9 Å². The number of hydrogen-bond donors (Lipinski definition) is 0. The number of pyridine rings is 1. The van der Waals surface area contributed by atoms with Gasteiger partial charge in [-0.3, -0.25) is 4.98 Å². The first-order valence-electron chi connectivity index (χ1n) is 17.5. The van der Waals surface area contributed by atoms with Crippen molar-refractivity contribution in [1.29, 1.82) is 0 Å². The number of nitrogens with zero attached hydrogens (tertiary/aromatic N) is 3. The summed E-state index contributed by atoms with van der Waals surface area (Å²) in [6, 6.07) is 66.1. The molecule has 0 unspecified atom stereocenters. The molecule has 0 spiro atoms. The molecule has 9 rings (SSSR count). The Bertz CT molecular complexity index is 2560. The van der Waals surface area contributed by atoms with E-state index in [1.54, 1.807) is 0 Å². The van der Waals surface area contributed by atoms with Gasteiger partial charge in [0.1, 0.15) is 0 Å². The Morgan fingerprint density at radius 1 is 0.404 bits per heavy atom. The first-order valence-corrected chi connectivity index (χ1v) is 17.5. The highest BCUT2D eigenvalue weighted by atomic mass is 15.1. The molecule has 3 nitrogen and oxygen atoms in total. The zero-order chi connectivity index (χ0) is 34.7. The Hall–Kier alpha value is -7.15. The molecule has 0 saturated carbocycles. The van der Waals surface area contributed by atoms with Crippen molar-refractivity contribution in [1.82, 2.24) is 9.55 Å². The second-order valence-corrected chi connectivity index (χ2v) is 12.8. The van der Waals surface area contributed by atoms with Crippen molar-refractivity contribution in [3.63, 3.8) is 0 Å². The van der Waals surface area contributed by atoms with E-state index in [1.165, 1.54) is 33.0 Å². The molecular weight excluding hydrogens is 631 g/mol. The van der Waals surface area contributed by atoms with Crippen molar-refractivity contribution in [2.75, 3.05) is 4.90 Å². The van der Waals surface area contributed by atoms with Crippen LogP contribution >= 0.6 is 0 Å². The summed E-state index contributed by atoms with van der Waals surface area (Å²) in [5, 5.41) is 2.40. The lowest BCUT2D eigenvalue weighted by atomic mass is 10.0. The lowest BCUT2D eigenvalue weighted by Gasteiger charge is -2.26. The van der Waals surface area contributed by atoms with Crippen LogP contribution in [0.25, 0.3) is 49.7 Å². The zero-order valence-electron chi connectivity index (χ0n) is 28.4. The summed E-state index contributed by atoms with van der Waals surface area (Å²) in [6.45, 7) is 0. The van der Waals surface area contributed by atoms with Gasteiger partial charge >= 0.3 is 0 Å². The second-order valence-electron chi connectivity index (χ2n) is 12.8. The fourth-order valence-electron chi connectivity index (χ4n) is 6.97. The third-order valence-electron chi connectivity index (χ3n) is 9.52. The molecule has 2 aromatic heterocycles. The van der Waals surface area contributed by atoms with Gasteiger partial charge in [0.25, 0.3) is 0 Å². The molecular formula is C49H33N3. The average Bonchev–Trinajstić information content (AvgIpc) is 3.56. The number of aromatic nitrogens is 2. The van der Waals surface area contributed by atoms with Gasteiger partial charge in [0.2, 0.25) is 0 Å². The number of hydrogen-bond acceptors (Lipinski definition) is 2. The fraction of sp³-hybridized carbons (Fsp3) is 0. The topological polar surface area (TPSA) is 21.1 Å². The van der Waals surface area contributed by atoms with Crippen molar-refractivity contribution in [3.8, 4) is 39.8 Å². The van der Waals surface area contributed by atoms with Crippen LogP contribution in [0.15, 0.2) is 200 Å². The molecule has 0 radical (unpaired) electrons. The third kappa shape index (κ3) is 6.00. The number of fused-ring (bicyclic) bond motifs is 3. The fourth-order valence-corrected chi connectivity index (χ4v) is 6.97. The minimum absolute atomic E-state index is 0.953. The highest BCUT2D eigenvalue weighted by Crippen LogP contribution is 2.37. The Labute approximate surface area is 303 Å². The second kappa shape index (κ2) is 13.6. The van der Waals surface area contributed by atoms with Gasteiger partial charge in [-0.05, 0) is 101 Å². The largest absolute Gasteiger partial charge is 0.311 e. The minimum atomic E-state index is 0.953. The van der Waals surface area contributed by atoms with Crippen LogP contribution in [0.2, 0.25) is 0 Å². The number of anilines is 3. The van der Waals surface area contributed by atoms with Crippen LogP contribution in [0.3, 0.4) is 0 Å². The molecule has 0 amide bonds.